The van der Waals surface area contributed by atoms with Crippen LogP contribution in [0.15, 0.2) is 0 Å². The summed E-state index contributed by atoms with van der Waals surface area (Å²) in [6.45, 7) is 7.55. The summed E-state index contributed by atoms with van der Waals surface area (Å²) in [6, 6.07) is 0. The van der Waals surface area contributed by atoms with Crippen LogP contribution in [-0.4, -0.2) is 46.8 Å². The second-order valence-electron chi connectivity index (χ2n) is 2.69. The molecule has 2 nitrogen and oxygen atoms in total. The number of hydrogen-bond donors (Lipinski definition) is 0. The Labute approximate surface area is 79.0 Å². The van der Waals surface area contributed by atoms with Crippen molar-refractivity contribution in [3.8, 4) is 0 Å². The van der Waals surface area contributed by atoms with E-state index in [2.05, 4.69) is 16.7 Å². The summed E-state index contributed by atoms with van der Waals surface area (Å²) in [7, 11) is 0. The normalized spacial score (nSPS) is 20.3. The van der Waals surface area contributed by atoms with Gasteiger partial charge >= 0.3 is 0 Å². The monoisotopic (exact) mass is 189 g/mol. The van der Waals surface area contributed by atoms with E-state index in [0.29, 0.717) is 4.32 Å². The molecule has 1 fully saturated rings. The molecule has 0 aromatic heterocycles. The highest BCUT2D eigenvalue weighted by Gasteiger charge is 2.12. The Morgan fingerprint density at radius 1 is 1.36 bits per heavy atom. The molecule has 1 rings (SSSR count). The molecule has 1 aliphatic heterocycles. The van der Waals surface area contributed by atoms with Gasteiger partial charge in [-0.1, -0.05) is 11.2 Å². The SMILES string of the molecule is CCN1CCN(C(=S)[S-])CC1. The molecule has 1 heterocycles. The van der Waals surface area contributed by atoms with E-state index in [1.165, 1.54) is 0 Å². The second kappa shape index (κ2) is 4.18. The first kappa shape index (κ1) is 9.16. The van der Waals surface area contributed by atoms with E-state index in [-0.39, 0.29) is 0 Å². The summed E-state index contributed by atoms with van der Waals surface area (Å²) < 4.78 is 0.626. The van der Waals surface area contributed by atoms with Crippen LogP contribution in [-0.2, 0) is 12.6 Å². The molecule has 0 radical (unpaired) electrons. The molecule has 0 saturated carbocycles. The first-order chi connectivity index (χ1) is 5.24. The fourth-order valence-corrected chi connectivity index (χ4v) is 1.61. The number of rotatable bonds is 1. The molecule has 1 saturated heterocycles. The third-order valence-corrected chi connectivity index (χ3v) is 2.59. The maximum absolute atomic E-state index is 4.91. The lowest BCUT2D eigenvalue weighted by molar-refractivity contribution is 0.194. The van der Waals surface area contributed by atoms with Crippen LogP contribution in [0.3, 0.4) is 0 Å². The maximum Gasteiger partial charge on any atom is 0.0290 e. The minimum absolute atomic E-state index is 0.626. The Balaban J connectivity index is 2.30. The Bertz CT molecular complexity index is 141. The summed E-state index contributed by atoms with van der Waals surface area (Å²) in [5.74, 6) is 0. The van der Waals surface area contributed by atoms with Crippen LogP contribution in [0.2, 0.25) is 0 Å². The van der Waals surface area contributed by atoms with Gasteiger partial charge in [-0.25, -0.2) is 0 Å². The van der Waals surface area contributed by atoms with E-state index in [1.54, 1.807) is 0 Å². The van der Waals surface area contributed by atoms with Gasteiger partial charge in [0.25, 0.3) is 0 Å². The highest BCUT2D eigenvalue weighted by Crippen LogP contribution is 2.01. The van der Waals surface area contributed by atoms with Crippen molar-refractivity contribution in [2.45, 2.75) is 6.92 Å². The van der Waals surface area contributed by atoms with Crippen LogP contribution in [0, 0.1) is 0 Å². The Kier molecular flexibility index (Phi) is 3.48. The van der Waals surface area contributed by atoms with Gasteiger partial charge < -0.3 is 34.6 Å². The summed E-state index contributed by atoms with van der Waals surface area (Å²) in [6.07, 6.45) is 0. The standard InChI is InChI=1S/C7H14N2S2/c1-2-8-3-5-9(6-4-8)7(10)11/h2-6H2,1H3,(H,10,11)/p-1. The lowest BCUT2D eigenvalue weighted by Gasteiger charge is -2.37. The summed E-state index contributed by atoms with van der Waals surface area (Å²) in [5, 5.41) is 0. The number of nitrogens with zero attached hydrogens (tertiary/aromatic N) is 2. The van der Waals surface area contributed by atoms with Crippen molar-refractivity contribution in [1.82, 2.24) is 9.80 Å². The van der Waals surface area contributed by atoms with Crippen molar-refractivity contribution in [2.24, 2.45) is 0 Å². The van der Waals surface area contributed by atoms with Crippen LogP contribution in [0.25, 0.3) is 0 Å². The van der Waals surface area contributed by atoms with Crippen molar-refractivity contribution >= 4 is 29.2 Å². The van der Waals surface area contributed by atoms with Gasteiger partial charge in [0.05, 0.1) is 0 Å². The highest BCUT2D eigenvalue weighted by atomic mass is 32.1. The zero-order chi connectivity index (χ0) is 8.27. The number of piperazine rings is 1. The molecule has 0 unspecified atom stereocenters. The van der Waals surface area contributed by atoms with Crippen molar-refractivity contribution in [3.05, 3.63) is 0 Å². The van der Waals surface area contributed by atoms with Crippen molar-refractivity contribution in [2.75, 3.05) is 32.7 Å². The smallest absolute Gasteiger partial charge is 0.0290 e. The zero-order valence-electron chi connectivity index (χ0n) is 6.75. The molecular formula is C7H13N2S2-. The van der Waals surface area contributed by atoms with Gasteiger partial charge in [0.2, 0.25) is 0 Å². The molecule has 0 bridgehead atoms. The summed E-state index contributed by atoms with van der Waals surface area (Å²) in [5.41, 5.74) is 0. The van der Waals surface area contributed by atoms with E-state index in [4.69, 9.17) is 24.8 Å². The number of hydrogen-bond acceptors (Lipinski definition) is 3. The van der Waals surface area contributed by atoms with E-state index in [1.807, 2.05) is 0 Å². The van der Waals surface area contributed by atoms with Crippen LogP contribution in [0.4, 0.5) is 0 Å². The Morgan fingerprint density at radius 2 is 1.91 bits per heavy atom. The zero-order valence-corrected chi connectivity index (χ0v) is 8.38. The average Bonchev–Trinajstić information content (AvgIpc) is 2.05. The van der Waals surface area contributed by atoms with Gasteiger partial charge in [-0.05, 0) is 6.54 Å². The van der Waals surface area contributed by atoms with E-state index < -0.39 is 0 Å². The number of likely N-dealkylation sites (N-methyl/N-ethyl adjacent to an activating group) is 1. The van der Waals surface area contributed by atoms with E-state index >= 15 is 0 Å². The lowest BCUT2D eigenvalue weighted by Crippen LogP contribution is -2.47. The largest absolute Gasteiger partial charge is 0.411 e. The minimum Gasteiger partial charge on any atom is -0.411 e. The fourth-order valence-electron chi connectivity index (χ4n) is 1.25. The van der Waals surface area contributed by atoms with Gasteiger partial charge in [0.1, 0.15) is 0 Å². The molecular weight excluding hydrogens is 176 g/mol. The topological polar surface area (TPSA) is 6.48 Å². The van der Waals surface area contributed by atoms with Gasteiger partial charge in [-0.3, -0.25) is 0 Å². The predicted molar refractivity (Wildman–Crippen MR) is 53.7 cm³/mol. The quantitative estimate of drug-likeness (QED) is 0.436. The van der Waals surface area contributed by atoms with Gasteiger partial charge in [0, 0.05) is 26.2 Å². The van der Waals surface area contributed by atoms with Crippen molar-refractivity contribution in [1.29, 1.82) is 0 Å². The first-order valence-electron chi connectivity index (χ1n) is 3.92. The molecule has 0 atom stereocenters. The molecule has 0 aromatic rings. The van der Waals surface area contributed by atoms with Gasteiger partial charge in [-0.2, -0.15) is 0 Å². The van der Waals surface area contributed by atoms with Crippen LogP contribution < -0.4 is 0 Å². The van der Waals surface area contributed by atoms with Crippen LogP contribution in [0.5, 0.6) is 0 Å². The third kappa shape index (κ3) is 2.54. The van der Waals surface area contributed by atoms with Crippen LogP contribution in [0.1, 0.15) is 6.92 Å². The predicted octanol–water partition coefficient (Wildman–Crippen LogP) is 0.456. The van der Waals surface area contributed by atoms with E-state index in [0.717, 1.165) is 32.7 Å². The van der Waals surface area contributed by atoms with Crippen LogP contribution >= 0.6 is 12.2 Å². The van der Waals surface area contributed by atoms with Gasteiger partial charge in [0.15, 0.2) is 0 Å². The van der Waals surface area contributed by atoms with Crippen molar-refractivity contribution < 1.29 is 0 Å². The third-order valence-electron chi connectivity index (χ3n) is 2.08. The Hall–Kier alpha value is 0.0700. The molecule has 0 aromatic carbocycles. The molecule has 0 amide bonds. The molecule has 4 heteroatoms. The Morgan fingerprint density at radius 3 is 2.27 bits per heavy atom. The minimum atomic E-state index is 0.626. The summed E-state index contributed by atoms with van der Waals surface area (Å²) >= 11 is 9.83. The molecule has 11 heavy (non-hydrogen) atoms. The lowest BCUT2D eigenvalue weighted by atomic mass is 10.3. The second-order valence-corrected chi connectivity index (χ2v) is 3.72. The highest BCUT2D eigenvalue weighted by molar-refractivity contribution is 8.00. The van der Waals surface area contributed by atoms with Gasteiger partial charge in [-0.15, -0.1) is 0 Å². The molecule has 0 aliphatic carbocycles. The first-order valence-corrected chi connectivity index (χ1v) is 4.74. The fraction of sp³-hybridized carbons (Fsp3) is 0.857. The summed E-state index contributed by atoms with van der Waals surface area (Å²) in [4.78, 5) is 4.50. The molecule has 0 N–H and O–H groups in total. The maximum atomic E-state index is 4.91. The number of thiocarbonyl (C=S) groups is 1. The average molecular weight is 189 g/mol. The van der Waals surface area contributed by atoms with Crippen molar-refractivity contribution in [3.63, 3.8) is 0 Å². The molecule has 64 valence electrons. The molecule has 1 aliphatic rings. The van der Waals surface area contributed by atoms with E-state index in [9.17, 15) is 0 Å². The molecule has 0 spiro atoms.